The van der Waals surface area contributed by atoms with Crippen LogP contribution in [-0.2, 0) is 20.9 Å². The molecule has 2 aliphatic heterocycles. The molecule has 3 aliphatic rings. The van der Waals surface area contributed by atoms with Crippen LogP contribution in [0.1, 0.15) is 44.6 Å². The van der Waals surface area contributed by atoms with E-state index < -0.39 is 0 Å². The number of carbonyl (C=O) groups is 2. The van der Waals surface area contributed by atoms with Gasteiger partial charge in [0.15, 0.2) is 0 Å². The Labute approximate surface area is 158 Å². The summed E-state index contributed by atoms with van der Waals surface area (Å²) >= 11 is 1.67. The molecule has 0 aromatic carbocycles. The largest absolute Gasteiger partial charge is 0.501 e. The van der Waals surface area contributed by atoms with Gasteiger partial charge in [0.1, 0.15) is 0 Å². The Morgan fingerprint density at radius 2 is 2.19 bits per heavy atom. The number of ether oxygens (including phenoxy) is 1. The predicted molar refractivity (Wildman–Crippen MR) is 100 cm³/mol. The molecule has 1 atom stereocenters. The van der Waals surface area contributed by atoms with E-state index in [4.69, 9.17) is 4.74 Å². The fraction of sp³-hybridized carbons (Fsp3) is 0.600. The van der Waals surface area contributed by atoms with Gasteiger partial charge in [0, 0.05) is 32.6 Å². The Morgan fingerprint density at radius 1 is 1.38 bits per heavy atom. The van der Waals surface area contributed by atoms with E-state index in [2.05, 4.69) is 16.8 Å². The Morgan fingerprint density at radius 3 is 2.81 bits per heavy atom. The third kappa shape index (κ3) is 3.39. The minimum absolute atomic E-state index is 0.137. The number of hydrogen-bond acceptors (Lipinski definition) is 4. The van der Waals surface area contributed by atoms with E-state index in [0.717, 1.165) is 50.8 Å². The zero-order valence-corrected chi connectivity index (χ0v) is 16.1. The second kappa shape index (κ2) is 7.06. The molecular formula is C20H26N2O3S. The summed E-state index contributed by atoms with van der Waals surface area (Å²) in [5.41, 5.74) is 2.24. The van der Waals surface area contributed by atoms with Crippen molar-refractivity contribution in [2.24, 2.45) is 5.41 Å². The first kappa shape index (κ1) is 17.6. The molecule has 0 bridgehead atoms. The van der Waals surface area contributed by atoms with Gasteiger partial charge in [-0.05, 0) is 59.9 Å². The van der Waals surface area contributed by atoms with Crippen LogP contribution in [0.15, 0.2) is 28.7 Å². The van der Waals surface area contributed by atoms with Gasteiger partial charge in [-0.25, -0.2) is 0 Å². The van der Waals surface area contributed by atoms with E-state index in [1.807, 2.05) is 9.80 Å². The summed E-state index contributed by atoms with van der Waals surface area (Å²) in [6, 6.07) is 2.42. The molecule has 1 aromatic heterocycles. The van der Waals surface area contributed by atoms with Crippen LogP contribution in [0.4, 0.5) is 0 Å². The minimum Gasteiger partial charge on any atom is -0.501 e. The van der Waals surface area contributed by atoms with E-state index in [1.54, 1.807) is 24.5 Å². The van der Waals surface area contributed by atoms with Crippen LogP contribution < -0.4 is 0 Å². The Hall–Kier alpha value is -1.82. The van der Waals surface area contributed by atoms with Crippen LogP contribution in [-0.4, -0.2) is 47.4 Å². The van der Waals surface area contributed by atoms with Gasteiger partial charge in [0.2, 0.25) is 5.91 Å². The molecule has 5 nitrogen and oxygen atoms in total. The molecule has 1 aromatic rings. The predicted octanol–water partition coefficient (Wildman–Crippen LogP) is 3.17. The van der Waals surface area contributed by atoms with Crippen molar-refractivity contribution in [2.45, 2.75) is 51.6 Å². The molecule has 3 heterocycles. The second-order valence-corrected chi connectivity index (χ2v) is 8.55. The maximum atomic E-state index is 12.6. The van der Waals surface area contributed by atoms with Gasteiger partial charge in [-0.3, -0.25) is 9.59 Å². The standard InChI is InChI=1S/C20H26N2O3S/c1-15(23)22(12-16-4-10-26-14-16)18-11-20(18)5-7-21(8-6-20)19(24)17-3-2-9-25-13-17/h4,10,13-14,18H,2-3,5-9,11-12H2,1H3/t18-/m0/s1. The molecule has 1 saturated carbocycles. The maximum absolute atomic E-state index is 12.6. The van der Waals surface area contributed by atoms with Crippen molar-refractivity contribution in [3.63, 3.8) is 0 Å². The van der Waals surface area contributed by atoms with Crippen LogP contribution >= 0.6 is 11.3 Å². The third-order valence-corrected chi connectivity index (χ3v) is 6.85. The molecule has 1 spiro atoms. The van der Waals surface area contributed by atoms with E-state index in [0.29, 0.717) is 19.2 Å². The topological polar surface area (TPSA) is 49.9 Å². The van der Waals surface area contributed by atoms with Crippen molar-refractivity contribution < 1.29 is 14.3 Å². The van der Waals surface area contributed by atoms with Gasteiger partial charge < -0.3 is 14.5 Å². The van der Waals surface area contributed by atoms with Crippen LogP contribution in [0.25, 0.3) is 0 Å². The van der Waals surface area contributed by atoms with E-state index in [-0.39, 0.29) is 17.2 Å². The molecule has 4 rings (SSSR count). The van der Waals surface area contributed by atoms with Crippen molar-refractivity contribution in [3.05, 3.63) is 34.2 Å². The van der Waals surface area contributed by atoms with Gasteiger partial charge in [0.25, 0.3) is 5.91 Å². The van der Waals surface area contributed by atoms with E-state index >= 15 is 0 Å². The van der Waals surface area contributed by atoms with Crippen molar-refractivity contribution in [2.75, 3.05) is 19.7 Å². The summed E-state index contributed by atoms with van der Waals surface area (Å²) in [5.74, 6) is 0.291. The summed E-state index contributed by atoms with van der Waals surface area (Å²) in [5, 5.41) is 4.18. The fourth-order valence-electron chi connectivity index (χ4n) is 4.40. The molecule has 1 aliphatic carbocycles. The molecule has 1 saturated heterocycles. The van der Waals surface area contributed by atoms with Gasteiger partial charge in [-0.15, -0.1) is 0 Å². The maximum Gasteiger partial charge on any atom is 0.252 e. The summed E-state index contributed by atoms with van der Waals surface area (Å²) in [6.45, 7) is 4.67. The highest BCUT2D eigenvalue weighted by Gasteiger charge is 2.58. The smallest absolute Gasteiger partial charge is 0.252 e. The molecule has 0 unspecified atom stereocenters. The molecule has 2 fully saturated rings. The molecule has 2 amide bonds. The van der Waals surface area contributed by atoms with Crippen LogP contribution in [0.2, 0.25) is 0 Å². The number of thiophene rings is 1. The quantitative estimate of drug-likeness (QED) is 0.813. The number of rotatable bonds is 4. The molecule has 6 heteroatoms. The summed E-state index contributed by atoms with van der Waals surface area (Å²) in [6.07, 6.45) is 6.45. The Bertz CT molecular complexity index is 705. The first-order valence-corrected chi connectivity index (χ1v) is 10.4. The van der Waals surface area contributed by atoms with Crippen LogP contribution in [0.5, 0.6) is 0 Å². The first-order valence-electron chi connectivity index (χ1n) is 9.47. The first-order chi connectivity index (χ1) is 12.6. The number of piperidine rings is 1. The monoisotopic (exact) mass is 374 g/mol. The average Bonchev–Trinajstić information content (AvgIpc) is 3.09. The SMILES string of the molecule is CC(=O)N(Cc1ccsc1)[C@H]1CC12CCN(C(=O)C1=COCCC1)CC2. The van der Waals surface area contributed by atoms with Crippen LogP contribution in [0, 0.1) is 5.41 Å². The number of carbonyl (C=O) groups excluding carboxylic acids is 2. The lowest BCUT2D eigenvalue weighted by Crippen LogP contribution is -2.43. The van der Waals surface area contributed by atoms with Crippen molar-refractivity contribution >= 4 is 23.2 Å². The average molecular weight is 375 g/mol. The fourth-order valence-corrected chi connectivity index (χ4v) is 5.06. The Balaban J connectivity index is 1.36. The number of likely N-dealkylation sites (tertiary alicyclic amines) is 1. The molecule has 0 N–H and O–H groups in total. The van der Waals surface area contributed by atoms with Crippen molar-refractivity contribution in [1.82, 2.24) is 9.80 Å². The molecule has 26 heavy (non-hydrogen) atoms. The van der Waals surface area contributed by atoms with E-state index in [9.17, 15) is 9.59 Å². The minimum atomic E-state index is 0.137. The lowest BCUT2D eigenvalue weighted by atomic mass is 9.91. The zero-order chi connectivity index (χ0) is 18.1. The molecule has 0 radical (unpaired) electrons. The number of hydrogen-bond donors (Lipinski definition) is 0. The normalized spacial score (nSPS) is 24.0. The van der Waals surface area contributed by atoms with Gasteiger partial charge >= 0.3 is 0 Å². The second-order valence-electron chi connectivity index (χ2n) is 7.77. The lowest BCUT2D eigenvalue weighted by molar-refractivity contribution is -0.132. The summed E-state index contributed by atoms with van der Waals surface area (Å²) < 4.78 is 5.32. The third-order valence-electron chi connectivity index (χ3n) is 6.12. The summed E-state index contributed by atoms with van der Waals surface area (Å²) in [7, 11) is 0. The summed E-state index contributed by atoms with van der Waals surface area (Å²) in [4.78, 5) is 28.8. The zero-order valence-electron chi connectivity index (χ0n) is 15.3. The molecular weight excluding hydrogens is 348 g/mol. The highest BCUT2D eigenvalue weighted by Crippen LogP contribution is 2.57. The van der Waals surface area contributed by atoms with Crippen molar-refractivity contribution in [3.8, 4) is 0 Å². The molecule has 140 valence electrons. The van der Waals surface area contributed by atoms with Gasteiger partial charge in [-0.1, -0.05) is 0 Å². The number of nitrogens with zero attached hydrogens (tertiary/aromatic N) is 2. The van der Waals surface area contributed by atoms with E-state index in [1.165, 1.54) is 5.56 Å². The lowest BCUT2D eigenvalue weighted by Gasteiger charge is -2.35. The number of amides is 2. The Kier molecular flexibility index (Phi) is 4.78. The van der Waals surface area contributed by atoms with Crippen molar-refractivity contribution in [1.29, 1.82) is 0 Å². The van der Waals surface area contributed by atoms with Crippen LogP contribution in [0.3, 0.4) is 0 Å². The van der Waals surface area contributed by atoms with Gasteiger partial charge in [-0.2, -0.15) is 11.3 Å². The highest BCUT2D eigenvalue weighted by molar-refractivity contribution is 7.07. The van der Waals surface area contributed by atoms with Gasteiger partial charge in [0.05, 0.1) is 18.4 Å². The highest BCUT2D eigenvalue weighted by atomic mass is 32.1.